The minimum atomic E-state index is 0.642. The smallest absolute Gasteiger partial charge is 0.147 e. The maximum absolute atomic E-state index is 4.50. The van der Waals surface area contributed by atoms with Crippen LogP contribution < -0.4 is 4.90 Å². The molecule has 5 heterocycles. The van der Waals surface area contributed by atoms with Crippen LogP contribution in [-0.2, 0) is 6.54 Å². The van der Waals surface area contributed by atoms with Crippen molar-refractivity contribution >= 4 is 17.2 Å². The fourth-order valence-corrected chi connectivity index (χ4v) is 4.70. The highest BCUT2D eigenvalue weighted by atomic mass is 32.1. The highest BCUT2D eigenvalue weighted by Gasteiger charge is 2.35. The lowest BCUT2D eigenvalue weighted by Gasteiger charge is -2.35. The van der Waals surface area contributed by atoms with Gasteiger partial charge in [-0.15, -0.1) is 11.3 Å². The van der Waals surface area contributed by atoms with Crippen LogP contribution in [0.25, 0.3) is 0 Å². The molecular weight excluding hydrogens is 292 g/mol. The first-order chi connectivity index (χ1) is 10.8. The Morgan fingerprint density at radius 2 is 2.14 bits per heavy atom. The van der Waals surface area contributed by atoms with Gasteiger partial charge in [-0.2, -0.15) is 0 Å². The van der Waals surface area contributed by atoms with Gasteiger partial charge in [0.1, 0.15) is 5.82 Å². The first kappa shape index (κ1) is 14.2. The van der Waals surface area contributed by atoms with Crippen LogP contribution >= 0.6 is 11.3 Å². The van der Waals surface area contributed by atoms with E-state index < -0.39 is 0 Å². The summed E-state index contributed by atoms with van der Waals surface area (Å²) >= 11 is 1.94. The lowest BCUT2D eigenvalue weighted by Crippen LogP contribution is -2.43. The van der Waals surface area contributed by atoms with Crippen molar-refractivity contribution in [2.75, 3.05) is 24.5 Å². The molecule has 116 valence electrons. The third-order valence-corrected chi connectivity index (χ3v) is 5.84. The number of thiophene rings is 1. The fraction of sp³-hybridized carbons (Fsp3) is 0.529. The van der Waals surface area contributed by atoms with Gasteiger partial charge in [0.05, 0.1) is 6.20 Å². The molecule has 0 radical (unpaired) electrons. The normalized spacial score (nSPS) is 25.4. The zero-order valence-corrected chi connectivity index (χ0v) is 13.8. The van der Waals surface area contributed by atoms with Gasteiger partial charge < -0.3 is 4.90 Å². The second kappa shape index (κ2) is 5.97. The molecule has 0 aliphatic carbocycles. The van der Waals surface area contributed by atoms with Gasteiger partial charge in [-0.1, -0.05) is 0 Å². The van der Waals surface area contributed by atoms with E-state index in [0.717, 1.165) is 31.4 Å². The van der Waals surface area contributed by atoms with E-state index in [1.54, 1.807) is 12.4 Å². The second-order valence-corrected chi connectivity index (χ2v) is 7.88. The molecule has 2 aromatic rings. The average molecular weight is 314 g/mol. The quantitative estimate of drug-likeness (QED) is 0.872. The molecular formula is C17H22N4S. The van der Waals surface area contributed by atoms with Gasteiger partial charge in [-0.3, -0.25) is 9.88 Å². The molecule has 0 N–H and O–H groups in total. The average Bonchev–Trinajstić information content (AvgIpc) is 2.75. The molecule has 0 aromatic carbocycles. The predicted octanol–water partition coefficient (Wildman–Crippen LogP) is 2.95. The molecule has 2 aromatic heterocycles. The molecule has 3 saturated heterocycles. The summed E-state index contributed by atoms with van der Waals surface area (Å²) in [6, 6.07) is 5.17. The van der Waals surface area contributed by atoms with Gasteiger partial charge in [-0.05, 0) is 37.8 Å². The van der Waals surface area contributed by atoms with E-state index in [1.165, 1.54) is 29.1 Å². The number of nitrogens with zero attached hydrogens (tertiary/aromatic N) is 4. The van der Waals surface area contributed by atoms with Crippen LogP contribution in [0, 0.1) is 12.8 Å². The summed E-state index contributed by atoms with van der Waals surface area (Å²) < 4.78 is 0. The van der Waals surface area contributed by atoms with E-state index in [4.69, 9.17) is 0 Å². The van der Waals surface area contributed by atoms with Crippen LogP contribution in [0.2, 0.25) is 0 Å². The monoisotopic (exact) mass is 314 g/mol. The van der Waals surface area contributed by atoms with Crippen molar-refractivity contribution in [3.8, 4) is 0 Å². The first-order valence-corrected chi connectivity index (χ1v) is 8.90. The van der Waals surface area contributed by atoms with Crippen molar-refractivity contribution in [3.63, 3.8) is 0 Å². The molecule has 5 heteroatoms. The number of rotatable bonds is 3. The number of hydrogen-bond donors (Lipinski definition) is 0. The summed E-state index contributed by atoms with van der Waals surface area (Å²) in [6.07, 6.45) is 8.11. The third-order valence-electron chi connectivity index (χ3n) is 4.86. The number of aromatic nitrogens is 2. The maximum atomic E-state index is 4.50. The lowest BCUT2D eigenvalue weighted by molar-refractivity contribution is 0.128. The Hall–Kier alpha value is -1.46. The molecule has 22 heavy (non-hydrogen) atoms. The summed E-state index contributed by atoms with van der Waals surface area (Å²) in [5.41, 5.74) is 0. The summed E-state index contributed by atoms with van der Waals surface area (Å²) in [4.78, 5) is 16.8. The summed E-state index contributed by atoms with van der Waals surface area (Å²) in [5, 5.41) is 0. The molecule has 0 spiro atoms. The van der Waals surface area contributed by atoms with Crippen molar-refractivity contribution in [1.29, 1.82) is 0 Å². The molecule has 0 amide bonds. The molecule has 4 nitrogen and oxygen atoms in total. The fourth-order valence-electron chi connectivity index (χ4n) is 3.78. The van der Waals surface area contributed by atoms with Crippen LogP contribution in [0.4, 0.5) is 5.82 Å². The van der Waals surface area contributed by atoms with Crippen LogP contribution in [-0.4, -0.2) is 40.5 Å². The Balaban J connectivity index is 1.51. The SMILES string of the molecule is Cc1ccc(CN2C[C@H]3CC[C@@H]2CN(c2cnccn2)C3)s1. The van der Waals surface area contributed by atoms with E-state index in [0.29, 0.717) is 6.04 Å². The predicted molar refractivity (Wildman–Crippen MR) is 90.2 cm³/mol. The van der Waals surface area contributed by atoms with Crippen molar-refractivity contribution in [2.45, 2.75) is 32.4 Å². The Bertz CT molecular complexity index is 627. The molecule has 5 rings (SSSR count). The van der Waals surface area contributed by atoms with Crippen LogP contribution in [0.5, 0.6) is 0 Å². The minimum absolute atomic E-state index is 0.642. The number of hydrogen-bond acceptors (Lipinski definition) is 5. The maximum Gasteiger partial charge on any atom is 0.147 e. The molecule has 3 fully saturated rings. The van der Waals surface area contributed by atoms with Crippen LogP contribution in [0.3, 0.4) is 0 Å². The summed E-state index contributed by atoms with van der Waals surface area (Å²) in [7, 11) is 0. The molecule has 0 saturated carbocycles. The Morgan fingerprint density at radius 3 is 2.91 bits per heavy atom. The van der Waals surface area contributed by atoms with E-state index in [-0.39, 0.29) is 0 Å². The standard InChI is InChI=1S/C17H22N4S/c1-13-2-5-16(22-13)12-20-9-14-3-4-15(20)11-21(10-14)17-8-18-6-7-19-17/h2,5-8,14-15H,3-4,9-12H2,1H3/t14-,15-/m1/s1. The van der Waals surface area contributed by atoms with Gasteiger partial charge in [0, 0.05) is 54.4 Å². The van der Waals surface area contributed by atoms with Gasteiger partial charge in [-0.25, -0.2) is 4.98 Å². The van der Waals surface area contributed by atoms with Gasteiger partial charge in [0.15, 0.2) is 0 Å². The molecule has 2 bridgehead atoms. The van der Waals surface area contributed by atoms with Crippen molar-refractivity contribution in [3.05, 3.63) is 40.5 Å². The molecule has 0 unspecified atom stereocenters. The van der Waals surface area contributed by atoms with E-state index in [1.807, 2.05) is 17.5 Å². The highest BCUT2D eigenvalue weighted by molar-refractivity contribution is 7.11. The Kier molecular flexibility index (Phi) is 3.84. The number of piperidine rings is 1. The van der Waals surface area contributed by atoms with Crippen molar-refractivity contribution < 1.29 is 0 Å². The van der Waals surface area contributed by atoms with E-state index in [2.05, 4.69) is 38.8 Å². The lowest BCUT2D eigenvalue weighted by atomic mass is 9.95. The zero-order chi connectivity index (χ0) is 14.9. The molecule has 3 aliphatic rings. The van der Waals surface area contributed by atoms with Gasteiger partial charge in [0.25, 0.3) is 0 Å². The Morgan fingerprint density at radius 1 is 1.18 bits per heavy atom. The number of fused-ring (bicyclic) bond motifs is 4. The van der Waals surface area contributed by atoms with E-state index >= 15 is 0 Å². The highest BCUT2D eigenvalue weighted by Crippen LogP contribution is 2.31. The second-order valence-electron chi connectivity index (χ2n) is 6.51. The molecule has 2 atom stereocenters. The zero-order valence-electron chi connectivity index (χ0n) is 13.0. The van der Waals surface area contributed by atoms with Crippen LogP contribution in [0.1, 0.15) is 22.6 Å². The number of anilines is 1. The largest absolute Gasteiger partial charge is 0.353 e. The first-order valence-electron chi connectivity index (χ1n) is 8.08. The van der Waals surface area contributed by atoms with Gasteiger partial charge >= 0.3 is 0 Å². The van der Waals surface area contributed by atoms with Crippen molar-refractivity contribution in [1.82, 2.24) is 14.9 Å². The minimum Gasteiger partial charge on any atom is -0.353 e. The van der Waals surface area contributed by atoms with E-state index in [9.17, 15) is 0 Å². The molecule has 3 aliphatic heterocycles. The van der Waals surface area contributed by atoms with Crippen molar-refractivity contribution in [2.24, 2.45) is 5.92 Å². The van der Waals surface area contributed by atoms with Crippen LogP contribution in [0.15, 0.2) is 30.7 Å². The third kappa shape index (κ3) is 2.88. The Labute approximate surface area is 135 Å². The summed E-state index contributed by atoms with van der Waals surface area (Å²) in [6.45, 7) is 6.72. The number of aryl methyl sites for hydroxylation is 1. The van der Waals surface area contributed by atoms with Gasteiger partial charge in [0.2, 0.25) is 0 Å². The summed E-state index contributed by atoms with van der Waals surface area (Å²) in [5.74, 6) is 1.79. The topological polar surface area (TPSA) is 32.3 Å².